The molecule has 2 N–H and O–H groups in total. The number of aryl methyl sites for hydroxylation is 1. The minimum Gasteiger partial charge on any atom is -0.370 e. The zero-order valence-electron chi connectivity index (χ0n) is 15.4. The zero-order valence-corrected chi connectivity index (χ0v) is 15.4. The molecule has 0 spiro atoms. The number of allylic oxidation sites excluding steroid dienone is 3. The van der Waals surface area contributed by atoms with Gasteiger partial charge < -0.3 is 15.0 Å². The molecule has 1 aromatic rings. The molecule has 6 nitrogen and oxygen atoms in total. The summed E-state index contributed by atoms with van der Waals surface area (Å²) in [6, 6.07) is 1.33. The lowest BCUT2D eigenvalue weighted by Gasteiger charge is -2.37. The Hall–Kier alpha value is -2.47. The Bertz CT molecular complexity index is 892. The van der Waals surface area contributed by atoms with Crippen LogP contribution in [0.4, 0.5) is 0 Å². The van der Waals surface area contributed by atoms with Gasteiger partial charge in [0, 0.05) is 12.6 Å². The number of aromatic nitrogens is 1. The van der Waals surface area contributed by atoms with Crippen molar-refractivity contribution in [1.29, 1.82) is 0 Å². The van der Waals surface area contributed by atoms with Crippen LogP contribution in [0.5, 0.6) is 0 Å². The largest absolute Gasteiger partial charge is 0.370 e. The lowest BCUT2D eigenvalue weighted by molar-refractivity contribution is 0.0541. The van der Waals surface area contributed by atoms with Crippen molar-refractivity contribution in [3.63, 3.8) is 0 Å². The molecule has 1 aliphatic heterocycles. The van der Waals surface area contributed by atoms with Gasteiger partial charge in [0.2, 0.25) is 11.3 Å². The van der Waals surface area contributed by atoms with E-state index in [-0.39, 0.29) is 22.7 Å². The fourth-order valence-corrected chi connectivity index (χ4v) is 3.74. The van der Waals surface area contributed by atoms with E-state index in [2.05, 4.69) is 11.9 Å². The first-order valence-electron chi connectivity index (χ1n) is 9.08. The number of H-pyrrole nitrogens is 1. The molecule has 2 aliphatic rings. The fraction of sp³-hybridized carbons (Fsp3) is 0.450. The van der Waals surface area contributed by atoms with Gasteiger partial charge in [-0.3, -0.25) is 14.4 Å². The number of unbranched alkanes of at least 4 members (excludes halogenated alkanes) is 3. The molecule has 1 unspecified atom stereocenters. The number of pyridine rings is 1. The maximum absolute atomic E-state index is 13.1. The number of aromatic amines is 1. The highest BCUT2D eigenvalue weighted by atomic mass is 16.3. The van der Waals surface area contributed by atoms with Gasteiger partial charge >= 0.3 is 0 Å². The normalized spacial score (nSPS) is 19.5. The van der Waals surface area contributed by atoms with Crippen LogP contribution < -0.4 is 5.56 Å². The molecule has 0 bridgehead atoms. The van der Waals surface area contributed by atoms with Crippen LogP contribution >= 0.6 is 0 Å². The van der Waals surface area contributed by atoms with Crippen LogP contribution in [0.2, 0.25) is 0 Å². The number of carbonyl (C=O) groups is 2. The maximum Gasteiger partial charge on any atom is 0.248 e. The number of ketones is 2. The van der Waals surface area contributed by atoms with Crippen LogP contribution in [0, 0.1) is 6.92 Å². The Morgan fingerprint density at radius 3 is 2.54 bits per heavy atom. The molecule has 0 radical (unpaired) electrons. The summed E-state index contributed by atoms with van der Waals surface area (Å²) in [5, 5.41) is 10.5. The van der Waals surface area contributed by atoms with E-state index in [0.717, 1.165) is 25.7 Å². The average Bonchev–Trinajstić information content (AvgIpc) is 2.57. The number of carbonyl (C=O) groups excluding carboxylic acids is 2. The van der Waals surface area contributed by atoms with Gasteiger partial charge in [-0.05, 0) is 37.5 Å². The predicted octanol–water partition coefficient (Wildman–Crippen LogP) is 2.48. The van der Waals surface area contributed by atoms with Crippen molar-refractivity contribution < 1.29 is 14.7 Å². The molecule has 1 aromatic heterocycles. The second-order valence-corrected chi connectivity index (χ2v) is 6.97. The van der Waals surface area contributed by atoms with Gasteiger partial charge in [0.25, 0.3) is 0 Å². The van der Waals surface area contributed by atoms with E-state index in [4.69, 9.17) is 0 Å². The summed E-state index contributed by atoms with van der Waals surface area (Å²) < 4.78 is 0. The van der Waals surface area contributed by atoms with Gasteiger partial charge in [0.05, 0.1) is 11.1 Å². The van der Waals surface area contributed by atoms with Crippen LogP contribution in [-0.2, 0) is 0 Å². The highest BCUT2D eigenvalue weighted by Crippen LogP contribution is 2.36. The van der Waals surface area contributed by atoms with Gasteiger partial charge in [0.1, 0.15) is 17.6 Å². The van der Waals surface area contributed by atoms with Crippen LogP contribution in [0.1, 0.15) is 65.9 Å². The summed E-state index contributed by atoms with van der Waals surface area (Å²) in [6.07, 6.45) is 4.61. The van der Waals surface area contributed by atoms with Crippen LogP contribution in [-0.4, -0.2) is 39.3 Å². The van der Waals surface area contributed by atoms with Crippen LogP contribution in [0.3, 0.4) is 0 Å². The molecule has 26 heavy (non-hydrogen) atoms. The number of aliphatic hydroxyl groups is 1. The summed E-state index contributed by atoms with van der Waals surface area (Å²) >= 11 is 0. The highest BCUT2D eigenvalue weighted by molar-refractivity contribution is 6.28. The Labute approximate surface area is 152 Å². The summed E-state index contributed by atoms with van der Waals surface area (Å²) in [5.41, 5.74) is 1.48. The molecule has 0 amide bonds. The number of nitrogens with one attached hydrogen (secondary N) is 1. The number of rotatable bonds is 5. The summed E-state index contributed by atoms with van der Waals surface area (Å²) in [6.45, 7) is 5.98. The molecule has 0 aromatic carbocycles. The third-order valence-corrected chi connectivity index (χ3v) is 5.03. The van der Waals surface area contributed by atoms with Crippen molar-refractivity contribution in [2.24, 2.45) is 0 Å². The number of hydrogen-bond donors (Lipinski definition) is 2. The monoisotopic (exact) mass is 356 g/mol. The summed E-state index contributed by atoms with van der Waals surface area (Å²) in [7, 11) is 0. The summed E-state index contributed by atoms with van der Waals surface area (Å²) in [4.78, 5) is 42.1. The molecule has 138 valence electrons. The Morgan fingerprint density at radius 1 is 1.12 bits per heavy atom. The van der Waals surface area contributed by atoms with E-state index in [1.807, 2.05) is 0 Å². The lowest BCUT2D eigenvalue weighted by atomic mass is 9.82. The van der Waals surface area contributed by atoms with Crippen molar-refractivity contribution in [2.45, 2.75) is 52.7 Å². The van der Waals surface area contributed by atoms with Crippen molar-refractivity contribution in [3.05, 3.63) is 56.2 Å². The van der Waals surface area contributed by atoms with Crippen LogP contribution in [0.15, 0.2) is 33.8 Å². The molecule has 3 rings (SSSR count). The van der Waals surface area contributed by atoms with E-state index in [0.29, 0.717) is 23.3 Å². The van der Waals surface area contributed by atoms with E-state index in [1.54, 1.807) is 24.8 Å². The quantitative estimate of drug-likeness (QED) is 0.791. The molecule has 2 heterocycles. The number of aliphatic hydroxyl groups excluding tert-OH is 1. The Kier molecular flexibility index (Phi) is 4.96. The van der Waals surface area contributed by atoms with E-state index in [9.17, 15) is 19.5 Å². The smallest absolute Gasteiger partial charge is 0.248 e. The molecule has 6 heteroatoms. The topological polar surface area (TPSA) is 90.5 Å². The minimum absolute atomic E-state index is 0.0270. The standard InChI is InChI=1S/C20H24N2O4/c1-4-5-6-7-8-22-14(24)10-12(3)16-18(22)20(26)17-15(19(16)25)11(2)9-13(23)21-17/h9-10,14,24H,4-8H2,1-3H3,(H,21,23). The number of nitrogens with zero attached hydrogens (tertiary/aromatic N) is 1. The lowest BCUT2D eigenvalue weighted by Crippen LogP contribution is -2.44. The van der Waals surface area contributed by atoms with Gasteiger partial charge in [-0.1, -0.05) is 26.2 Å². The molecular weight excluding hydrogens is 332 g/mol. The first kappa shape index (κ1) is 18.3. The molecule has 1 aliphatic carbocycles. The second kappa shape index (κ2) is 7.03. The third-order valence-electron chi connectivity index (χ3n) is 5.03. The van der Waals surface area contributed by atoms with Crippen LogP contribution in [0.25, 0.3) is 0 Å². The molecular formula is C20H24N2O4. The fourth-order valence-electron chi connectivity index (χ4n) is 3.74. The molecule has 0 saturated heterocycles. The van der Waals surface area contributed by atoms with E-state index in [1.165, 1.54) is 6.07 Å². The maximum atomic E-state index is 13.1. The van der Waals surface area contributed by atoms with Gasteiger partial charge in [-0.25, -0.2) is 0 Å². The van der Waals surface area contributed by atoms with E-state index >= 15 is 0 Å². The van der Waals surface area contributed by atoms with Gasteiger partial charge in [0.15, 0.2) is 5.78 Å². The number of Topliss-reactive ketones (excluding diaryl/α,β-unsaturated/α-hetero) is 2. The Balaban J connectivity index is 2.08. The molecule has 0 saturated carbocycles. The predicted molar refractivity (Wildman–Crippen MR) is 98.1 cm³/mol. The van der Waals surface area contributed by atoms with Gasteiger partial charge in [-0.2, -0.15) is 0 Å². The first-order chi connectivity index (χ1) is 12.4. The van der Waals surface area contributed by atoms with Crippen molar-refractivity contribution in [3.8, 4) is 0 Å². The SMILES string of the molecule is CCCCCCN1C2=C(C(=O)c3c(C)cc(=O)[nH]c3C2=O)C(C)=CC1O. The van der Waals surface area contributed by atoms with E-state index < -0.39 is 17.6 Å². The highest BCUT2D eigenvalue weighted by Gasteiger charge is 2.40. The number of fused-ring (bicyclic) bond motifs is 1. The zero-order chi connectivity index (χ0) is 19.0. The summed E-state index contributed by atoms with van der Waals surface area (Å²) in [5.74, 6) is -0.681. The second-order valence-electron chi connectivity index (χ2n) is 6.97. The first-order valence-corrected chi connectivity index (χ1v) is 9.08. The average molecular weight is 356 g/mol. The van der Waals surface area contributed by atoms with Gasteiger partial charge in [-0.15, -0.1) is 0 Å². The van der Waals surface area contributed by atoms with Crippen molar-refractivity contribution in [2.75, 3.05) is 6.54 Å². The Morgan fingerprint density at radius 2 is 1.85 bits per heavy atom. The minimum atomic E-state index is -0.954. The molecule has 1 atom stereocenters. The van der Waals surface area contributed by atoms with Crippen molar-refractivity contribution in [1.82, 2.24) is 9.88 Å². The molecule has 0 fully saturated rings. The number of hydrogen-bond acceptors (Lipinski definition) is 5. The third kappa shape index (κ3) is 2.94. The van der Waals surface area contributed by atoms with Crippen molar-refractivity contribution >= 4 is 11.6 Å².